The van der Waals surface area contributed by atoms with Crippen molar-refractivity contribution in [1.29, 1.82) is 5.26 Å². The molecule has 13 heavy (non-hydrogen) atoms. The molecule has 2 rings (SSSR count). The lowest BCUT2D eigenvalue weighted by molar-refractivity contribution is 0.713. The number of fused-ring (bicyclic) bond motifs is 1. The minimum atomic E-state index is 0.111. The van der Waals surface area contributed by atoms with Gasteiger partial charge in [-0.3, -0.25) is 0 Å². The van der Waals surface area contributed by atoms with Crippen LogP contribution < -0.4 is 5.73 Å². The van der Waals surface area contributed by atoms with E-state index in [2.05, 4.69) is 22.0 Å². The van der Waals surface area contributed by atoms with Gasteiger partial charge >= 0.3 is 0 Å². The molecule has 1 atom stereocenters. The second-order valence-electron chi connectivity index (χ2n) is 3.28. The van der Waals surface area contributed by atoms with Gasteiger partial charge in [0, 0.05) is 10.5 Å². The summed E-state index contributed by atoms with van der Waals surface area (Å²) in [6, 6.07) is 6.00. The molecule has 1 aromatic carbocycles. The SMILES string of the molecule is N#Cc1cc(Br)c2c(c1)C(N)CC2. The molecule has 0 fully saturated rings. The van der Waals surface area contributed by atoms with Crippen molar-refractivity contribution in [1.82, 2.24) is 0 Å². The Hall–Kier alpha value is -0.850. The first kappa shape index (κ1) is 8.74. The fraction of sp³-hybridized carbons (Fsp3) is 0.300. The highest BCUT2D eigenvalue weighted by Crippen LogP contribution is 2.35. The third kappa shape index (κ3) is 1.37. The van der Waals surface area contributed by atoms with Gasteiger partial charge in [0.15, 0.2) is 0 Å². The van der Waals surface area contributed by atoms with Gasteiger partial charge in [0.05, 0.1) is 11.6 Å². The lowest BCUT2D eigenvalue weighted by atomic mass is 10.1. The molecule has 3 heteroatoms. The van der Waals surface area contributed by atoms with Crippen LogP contribution >= 0.6 is 15.9 Å². The zero-order chi connectivity index (χ0) is 9.42. The van der Waals surface area contributed by atoms with Crippen LogP contribution in [-0.2, 0) is 6.42 Å². The molecular formula is C10H9BrN2. The van der Waals surface area contributed by atoms with E-state index in [0.717, 1.165) is 22.9 Å². The van der Waals surface area contributed by atoms with Crippen molar-refractivity contribution in [2.45, 2.75) is 18.9 Å². The third-order valence-electron chi connectivity index (χ3n) is 2.46. The van der Waals surface area contributed by atoms with E-state index in [1.807, 2.05) is 12.1 Å². The van der Waals surface area contributed by atoms with E-state index in [1.54, 1.807) is 0 Å². The first-order chi connectivity index (χ1) is 6.22. The van der Waals surface area contributed by atoms with Crippen LogP contribution in [0.4, 0.5) is 0 Å². The molecule has 1 aliphatic rings. The maximum Gasteiger partial charge on any atom is 0.0992 e. The molecule has 2 nitrogen and oxygen atoms in total. The first-order valence-corrected chi connectivity index (χ1v) is 4.99. The fourth-order valence-electron chi connectivity index (χ4n) is 1.77. The summed E-state index contributed by atoms with van der Waals surface area (Å²) < 4.78 is 1.02. The van der Waals surface area contributed by atoms with Gasteiger partial charge < -0.3 is 5.73 Å². The molecule has 0 aliphatic heterocycles. The van der Waals surface area contributed by atoms with Crippen LogP contribution in [0.5, 0.6) is 0 Å². The van der Waals surface area contributed by atoms with Crippen molar-refractivity contribution in [2.75, 3.05) is 0 Å². The third-order valence-corrected chi connectivity index (χ3v) is 3.17. The summed E-state index contributed by atoms with van der Waals surface area (Å²) in [5, 5.41) is 8.77. The minimum absolute atomic E-state index is 0.111. The molecule has 0 heterocycles. The summed E-state index contributed by atoms with van der Waals surface area (Å²) in [7, 11) is 0. The Bertz CT molecular complexity index is 393. The van der Waals surface area contributed by atoms with Crippen LogP contribution in [-0.4, -0.2) is 0 Å². The monoisotopic (exact) mass is 236 g/mol. The largest absolute Gasteiger partial charge is 0.324 e. The number of hydrogen-bond donors (Lipinski definition) is 1. The predicted molar refractivity (Wildman–Crippen MR) is 54.1 cm³/mol. The Balaban J connectivity index is 2.61. The highest BCUT2D eigenvalue weighted by atomic mass is 79.9. The molecule has 0 saturated heterocycles. The van der Waals surface area contributed by atoms with E-state index in [-0.39, 0.29) is 6.04 Å². The fourth-order valence-corrected chi connectivity index (χ4v) is 2.45. The van der Waals surface area contributed by atoms with E-state index in [4.69, 9.17) is 11.0 Å². The van der Waals surface area contributed by atoms with Crippen molar-refractivity contribution in [3.63, 3.8) is 0 Å². The molecule has 1 aromatic rings. The number of benzene rings is 1. The number of rotatable bonds is 0. The molecule has 66 valence electrons. The first-order valence-electron chi connectivity index (χ1n) is 4.20. The molecule has 0 radical (unpaired) electrons. The molecule has 2 N–H and O–H groups in total. The summed E-state index contributed by atoms with van der Waals surface area (Å²) >= 11 is 3.46. The molecule has 0 amide bonds. The Kier molecular flexibility index (Phi) is 2.10. The molecular weight excluding hydrogens is 228 g/mol. The number of nitrogens with zero attached hydrogens (tertiary/aromatic N) is 1. The smallest absolute Gasteiger partial charge is 0.0992 e. The molecule has 1 aliphatic carbocycles. The minimum Gasteiger partial charge on any atom is -0.324 e. The Morgan fingerprint density at radius 3 is 3.00 bits per heavy atom. The quantitative estimate of drug-likeness (QED) is 0.752. The molecule has 0 spiro atoms. The zero-order valence-electron chi connectivity index (χ0n) is 7.05. The highest BCUT2D eigenvalue weighted by Gasteiger charge is 2.21. The van der Waals surface area contributed by atoms with E-state index >= 15 is 0 Å². The van der Waals surface area contributed by atoms with Gasteiger partial charge in [-0.25, -0.2) is 0 Å². The zero-order valence-corrected chi connectivity index (χ0v) is 8.63. The second kappa shape index (κ2) is 3.13. The molecule has 0 saturated carbocycles. The van der Waals surface area contributed by atoms with Crippen LogP contribution in [0.2, 0.25) is 0 Å². The van der Waals surface area contributed by atoms with Crippen molar-refractivity contribution in [3.8, 4) is 6.07 Å². The van der Waals surface area contributed by atoms with Crippen molar-refractivity contribution in [3.05, 3.63) is 33.3 Å². The van der Waals surface area contributed by atoms with Gasteiger partial charge in [-0.2, -0.15) is 5.26 Å². The van der Waals surface area contributed by atoms with Crippen LogP contribution in [0.3, 0.4) is 0 Å². The summed E-state index contributed by atoms with van der Waals surface area (Å²) in [6.45, 7) is 0. The number of halogens is 1. The number of nitriles is 1. The molecule has 0 aromatic heterocycles. The Morgan fingerprint density at radius 2 is 2.31 bits per heavy atom. The Labute approximate surface area is 85.5 Å². The van der Waals surface area contributed by atoms with Gasteiger partial charge in [0.25, 0.3) is 0 Å². The van der Waals surface area contributed by atoms with Crippen molar-refractivity contribution >= 4 is 15.9 Å². The van der Waals surface area contributed by atoms with Crippen molar-refractivity contribution in [2.24, 2.45) is 5.73 Å². The van der Waals surface area contributed by atoms with Gasteiger partial charge in [-0.05, 0) is 36.1 Å². The standard InChI is InChI=1S/C10H9BrN2/c11-9-4-6(5-12)3-8-7(9)1-2-10(8)13/h3-4,10H,1-2,13H2. The van der Waals surface area contributed by atoms with Gasteiger partial charge in [0.2, 0.25) is 0 Å². The lowest BCUT2D eigenvalue weighted by Gasteiger charge is -2.06. The van der Waals surface area contributed by atoms with E-state index in [1.165, 1.54) is 5.56 Å². The van der Waals surface area contributed by atoms with Crippen LogP contribution in [0.1, 0.15) is 29.2 Å². The van der Waals surface area contributed by atoms with E-state index in [9.17, 15) is 0 Å². The number of hydrogen-bond acceptors (Lipinski definition) is 2. The number of nitrogens with two attached hydrogens (primary N) is 1. The highest BCUT2D eigenvalue weighted by molar-refractivity contribution is 9.10. The van der Waals surface area contributed by atoms with Gasteiger partial charge in [0.1, 0.15) is 0 Å². The lowest BCUT2D eigenvalue weighted by Crippen LogP contribution is -2.05. The summed E-state index contributed by atoms with van der Waals surface area (Å²) in [6.07, 6.45) is 2.01. The van der Waals surface area contributed by atoms with Crippen LogP contribution in [0, 0.1) is 11.3 Å². The average molecular weight is 237 g/mol. The normalized spacial score (nSPS) is 19.6. The Morgan fingerprint density at radius 1 is 1.54 bits per heavy atom. The van der Waals surface area contributed by atoms with E-state index in [0.29, 0.717) is 5.56 Å². The van der Waals surface area contributed by atoms with Gasteiger partial charge in [-0.15, -0.1) is 0 Å². The molecule has 1 unspecified atom stereocenters. The van der Waals surface area contributed by atoms with E-state index < -0.39 is 0 Å². The van der Waals surface area contributed by atoms with Gasteiger partial charge in [-0.1, -0.05) is 15.9 Å². The summed E-state index contributed by atoms with van der Waals surface area (Å²) in [5.74, 6) is 0. The maximum absolute atomic E-state index is 8.77. The topological polar surface area (TPSA) is 49.8 Å². The average Bonchev–Trinajstić information content (AvgIpc) is 2.48. The summed E-state index contributed by atoms with van der Waals surface area (Å²) in [4.78, 5) is 0. The summed E-state index contributed by atoms with van der Waals surface area (Å²) in [5.41, 5.74) is 8.99. The van der Waals surface area contributed by atoms with Crippen LogP contribution in [0.15, 0.2) is 16.6 Å². The van der Waals surface area contributed by atoms with Crippen molar-refractivity contribution < 1.29 is 0 Å². The van der Waals surface area contributed by atoms with Crippen LogP contribution in [0.25, 0.3) is 0 Å². The molecule has 0 bridgehead atoms. The maximum atomic E-state index is 8.77. The second-order valence-corrected chi connectivity index (χ2v) is 4.14. The predicted octanol–water partition coefficient (Wildman–Crippen LogP) is 2.27.